The molecule has 11 heteroatoms. The van der Waals surface area contributed by atoms with Gasteiger partial charge in [0.25, 0.3) is 5.56 Å². The van der Waals surface area contributed by atoms with Crippen molar-refractivity contribution in [2.24, 2.45) is 0 Å². The second kappa shape index (κ2) is 8.72. The molecule has 2 atom stereocenters. The number of H-pyrrole nitrogens is 1. The summed E-state index contributed by atoms with van der Waals surface area (Å²) in [6.07, 6.45) is 0.446. The molecule has 1 saturated heterocycles. The van der Waals surface area contributed by atoms with E-state index in [9.17, 15) is 18.0 Å². The lowest BCUT2D eigenvalue weighted by Crippen LogP contribution is -2.41. The van der Waals surface area contributed by atoms with Crippen molar-refractivity contribution in [3.05, 3.63) is 33.1 Å². The zero-order chi connectivity index (χ0) is 18.4. The Morgan fingerprint density at radius 2 is 1.96 bits per heavy atom. The Bertz CT molecular complexity index is 773. The maximum absolute atomic E-state index is 12.0. The van der Waals surface area contributed by atoms with Crippen LogP contribution in [0, 0.1) is 0 Å². The Hall–Kier alpha value is -1.53. The smallest absolute Gasteiger partial charge is 0.330 e. The molecule has 0 radical (unpaired) electrons. The molecule has 10 nitrogen and oxygen atoms in total. The number of aromatic nitrogens is 2. The van der Waals surface area contributed by atoms with Crippen LogP contribution in [0.25, 0.3) is 0 Å². The highest BCUT2D eigenvalue weighted by Crippen LogP contribution is 2.17. The molecule has 0 saturated carbocycles. The van der Waals surface area contributed by atoms with Crippen LogP contribution < -0.4 is 11.2 Å². The molecule has 1 N–H and O–H groups in total. The van der Waals surface area contributed by atoms with Crippen molar-refractivity contribution in [3.63, 3.8) is 0 Å². The lowest BCUT2D eigenvalue weighted by Gasteiger charge is -2.27. The predicted molar refractivity (Wildman–Crippen MR) is 89.0 cm³/mol. The minimum atomic E-state index is -3.28. The van der Waals surface area contributed by atoms with Crippen LogP contribution >= 0.6 is 0 Å². The first-order chi connectivity index (χ1) is 11.9. The minimum absolute atomic E-state index is 0.0406. The van der Waals surface area contributed by atoms with Gasteiger partial charge in [0.2, 0.25) is 10.0 Å². The van der Waals surface area contributed by atoms with Gasteiger partial charge in [0.15, 0.2) is 6.23 Å². The van der Waals surface area contributed by atoms with E-state index in [1.165, 1.54) is 35.4 Å². The number of nitrogens with one attached hydrogen (secondary N) is 1. The van der Waals surface area contributed by atoms with E-state index in [2.05, 4.69) is 4.98 Å². The monoisotopic (exact) mass is 377 g/mol. The van der Waals surface area contributed by atoms with Crippen LogP contribution in [0.15, 0.2) is 21.9 Å². The van der Waals surface area contributed by atoms with Crippen molar-refractivity contribution in [2.75, 3.05) is 46.3 Å². The summed E-state index contributed by atoms with van der Waals surface area (Å²) in [7, 11) is -0.350. The summed E-state index contributed by atoms with van der Waals surface area (Å²) in [5.74, 6) is 0.119. The molecule has 0 spiro atoms. The third kappa shape index (κ3) is 5.22. The molecule has 142 valence electrons. The van der Waals surface area contributed by atoms with Crippen LogP contribution in [-0.2, 0) is 24.2 Å². The summed E-state index contributed by atoms with van der Waals surface area (Å²) in [6.45, 7) is 0.733. The van der Waals surface area contributed by atoms with E-state index in [1.807, 2.05) is 0 Å². The van der Waals surface area contributed by atoms with Gasteiger partial charge in [0.05, 0.1) is 25.1 Å². The fourth-order valence-electron chi connectivity index (χ4n) is 2.65. The van der Waals surface area contributed by atoms with Gasteiger partial charge in [-0.2, -0.15) is 4.31 Å². The van der Waals surface area contributed by atoms with Crippen LogP contribution in [0.4, 0.5) is 0 Å². The van der Waals surface area contributed by atoms with E-state index in [1.54, 1.807) is 0 Å². The van der Waals surface area contributed by atoms with E-state index < -0.39 is 33.6 Å². The Kier molecular flexibility index (Phi) is 6.90. The standard InChI is InChI=1S/C14H23N3O7S/c1-22-9-11(8-16-5-3-7-25(16,20)21)24-13(10-23-2)17-6-4-12(18)15-14(17)19/h4,6,11,13H,3,5,7-10H2,1-2H3,(H,15,18,19)/t11-,13-/m1/s1. The number of ether oxygens (including phenoxy) is 3. The number of rotatable bonds is 9. The van der Waals surface area contributed by atoms with Crippen LogP contribution in [-0.4, -0.2) is 74.7 Å². The fraction of sp³-hybridized carbons (Fsp3) is 0.714. The Balaban J connectivity index is 2.18. The van der Waals surface area contributed by atoms with Gasteiger partial charge >= 0.3 is 5.69 Å². The largest absolute Gasteiger partial charge is 0.382 e. The van der Waals surface area contributed by atoms with E-state index in [0.717, 1.165) is 0 Å². The Labute approximate surface area is 145 Å². The van der Waals surface area contributed by atoms with Gasteiger partial charge < -0.3 is 14.2 Å². The van der Waals surface area contributed by atoms with Crippen molar-refractivity contribution in [2.45, 2.75) is 18.8 Å². The van der Waals surface area contributed by atoms with Crippen molar-refractivity contribution in [1.29, 1.82) is 0 Å². The SMILES string of the molecule is COC[C@@H](CN1CCCS1(=O)=O)O[C@H](COC)n1ccc(=O)[nH]c1=O. The highest BCUT2D eigenvalue weighted by Gasteiger charge is 2.31. The van der Waals surface area contributed by atoms with Crippen LogP contribution in [0.3, 0.4) is 0 Å². The average molecular weight is 377 g/mol. The molecule has 0 aliphatic carbocycles. The van der Waals surface area contributed by atoms with E-state index in [4.69, 9.17) is 14.2 Å². The normalized spacial score (nSPS) is 19.8. The first-order valence-corrected chi connectivity index (χ1v) is 9.41. The van der Waals surface area contributed by atoms with Crippen LogP contribution in [0.2, 0.25) is 0 Å². The molecule has 2 heterocycles. The maximum atomic E-state index is 12.0. The number of hydrogen-bond acceptors (Lipinski definition) is 7. The van der Waals surface area contributed by atoms with Gasteiger partial charge in [-0.05, 0) is 6.42 Å². The lowest BCUT2D eigenvalue weighted by atomic mass is 10.3. The maximum Gasteiger partial charge on any atom is 0.330 e. The Morgan fingerprint density at radius 1 is 1.24 bits per heavy atom. The van der Waals surface area contributed by atoms with Gasteiger partial charge in [0, 0.05) is 39.6 Å². The molecule has 0 amide bonds. The van der Waals surface area contributed by atoms with Crippen molar-refractivity contribution in [1.82, 2.24) is 13.9 Å². The molecule has 1 aliphatic rings. The number of sulfonamides is 1. The predicted octanol–water partition coefficient (Wildman–Crippen LogP) is -1.25. The Morgan fingerprint density at radius 3 is 2.52 bits per heavy atom. The quantitative estimate of drug-likeness (QED) is 0.571. The molecule has 1 aliphatic heterocycles. The van der Waals surface area contributed by atoms with E-state index in [-0.39, 0.29) is 25.5 Å². The highest BCUT2D eigenvalue weighted by atomic mass is 32.2. The number of hydrogen-bond donors (Lipinski definition) is 1. The zero-order valence-electron chi connectivity index (χ0n) is 14.2. The van der Waals surface area contributed by atoms with Gasteiger partial charge in [-0.1, -0.05) is 0 Å². The van der Waals surface area contributed by atoms with Gasteiger partial charge in [-0.25, -0.2) is 13.2 Å². The van der Waals surface area contributed by atoms with Crippen molar-refractivity contribution in [3.8, 4) is 0 Å². The van der Waals surface area contributed by atoms with Crippen LogP contribution in [0.5, 0.6) is 0 Å². The molecule has 1 aromatic rings. The van der Waals surface area contributed by atoms with E-state index in [0.29, 0.717) is 13.0 Å². The second-order valence-electron chi connectivity index (χ2n) is 5.67. The average Bonchev–Trinajstić information content (AvgIpc) is 2.86. The topological polar surface area (TPSA) is 120 Å². The minimum Gasteiger partial charge on any atom is -0.382 e. The third-order valence-electron chi connectivity index (χ3n) is 3.78. The molecule has 0 bridgehead atoms. The molecule has 25 heavy (non-hydrogen) atoms. The van der Waals surface area contributed by atoms with Gasteiger partial charge in [0.1, 0.15) is 0 Å². The second-order valence-corrected chi connectivity index (χ2v) is 7.76. The van der Waals surface area contributed by atoms with Crippen molar-refractivity contribution < 1.29 is 22.6 Å². The summed E-state index contributed by atoms with van der Waals surface area (Å²) < 4.78 is 42.6. The summed E-state index contributed by atoms with van der Waals surface area (Å²) in [5, 5.41) is 0. The first kappa shape index (κ1) is 19.8. The molecule has 1 aromatic heterocycles. The molecule has 0 unspecified atom stereocenters. The molecular formula is C14H23N3O7S. The lowest BCUT2D eigenvalue weighted by molar-refractivity contribution is -0.112. The zero-order valence-corrected chi connectivity index (χ0v) is 15.0. The fourth-order valence-corrected chi connectivity index (χ4v) is 4.20. The number of methoxy groups -OCH3 is 2. The third-order valence-corrected chi connectivity index (χ3v) is 5.71. The van der Waals surface area contributed by atoms with Gasteiger partial charge in [-0.3, -0.25) is 14.3 Å². The first-order valence-electron chi connectivity index (χ1n) is 7.80. The summed E-state index contributed by atoms with van der Waals surface area (Å²) >= 11 is 0. The molecule has 0 aromatic carbocycles. The highest BCUT2D eigenvalue weighted by molar-refractivity contribution is 7.89. The molecule has 1 fully saturated rings. The molecular weight excluding hydrogens is 354 g/mol. The number of nitrogens with zero attached hydrogens (tertiary/aromatic N) is 2. The molecule has 2 rings (SSSR count). The van der Waals surface area contributed by atoms with Gasteiger partial charge in [-0.15, -0.1) is 0 Å². The summed E-state index contributed by atoms with van der Waals surface area (Å²) in [5.41, 5.74) is -1.16. The summed E-state index contributed by atoms with van der Waals surface area (Å²) in [6, 6.07) is 1.20. The van der Waals surface area contributed by atoms with Crippen molar-refractivity contribution >= 4 is 10.0 Å². The van der Waals surface area contributed by atoms with E-state index >= 15 is 0 Å². The summed E-state index contributed by atoms with van der Waals surface area (Å²) in [4.78, 5) is 25.3. The number of aromatic amines is 1. The van der Waals surface area contributed by atoms with Crippen LogP contribution in [0.1, 0.15) is 12.6 Å².